The van der Waals surface area contributed by atoms with Crippen molar-refractivity contribution in [2.45, 2.75) is 38.8 Å². The van der Waals surface area contributed by atoms with Crippen LogP contribution in [0.3, 0.4) is 0 Å². The molecule has 1 aliphatic rings. The lowest BCUT2D eigenvalue weighted by molar-refractivity contribution is 0.0247. The summed E-state index contributed by atoms with van der Waals surface area (Å²) in [7, 11) is 1.33. The molecule has 0 aliphatic carbocycles. The lowest BCUT2D eigenvalue weighted by Crippen LogP contribution is -2.40. The molecule has 1 N–H and O–H groups in total. The highest BCUT2D eigenvalue weighted by atomic mass is 16.6. The highest BCUT2D eigenvalue weighted by Gasteiger charge is 2.29. The normalized spacial score (nSPS) is 18.7. The summed E-state index contributed by atoms with van der Waals surface area (Å²) in [6, 6.07) is 3.39. The molecule has 1 aromatic rings. The first-order valence-electron chi connectivity index (χ1n) is 8.06. The van der Waals surface area contributed by atoms with Crippen LogP contribution in [0.15, 0.2) is 18.3 Å². The molecule has 0 aromatic carbocycles. The van der Waals surface area contributed by atoms with Gasteiger partial charge in [-0.25, -0.2) is 14.6 Å². The third-order valence-electron chi connectivity index (χ3n) is 3.64. The SMILES string of the molecule is COC(=O)c1ncccc1C1CN(C(=O)OC(C)(C)C)CCCN1. The third-order valence-corrected chi connectivity index (χ3v) is 3.64. The molecule has 0 radical (unpaired) electrons. The maximum absolute atomic E-state index is 12.4. The molecule has 24 heavy (non-hydrogen) atoms. The second kappa shape index (κ2) is 7.61. The van der Waals surface area contributed by atoms with Gasteiger partial charge >= 0.3 is 12.1 Å². The van der Waals surface area contributed by atoms with Crippen LogP contribution in [0.4, 0.5) is 4.79 Å². The number of carbonyl (C=O) groups is 2. The van der Waals surface area contributed by atoms with E-state index in [0.29, 0.717) is 13.1 Å². The molecule has 132 valence electrons. The van der Waals surface area contributed by atoms with Gasteiger partial charge in [0.25, 0.3) is 0 Å². The van der Waals surface area contributed by atoms with Gasteiger partial charge in [0, 0.05) is 24.8 Å². The number of pyridine rings is 1. The van der Waals surface area contributed by atoms with Gasteiger partial charge in [0.1, 0.15) is 5.60 Å². The van der Waals surface area contributed by atoms with Gasteiger partial charge in [-0.2, -0.15) is 0 Å². The lowest BCUT2D eigenvalue weighted by Gasteiger charge is -2.28. The minimum absolute atomic E-state index is 0.206. The summed E-state index contributed by atoms with van der Waals surface area (Å²) in [4.78, 5) is 30.1. The Kier molecular flexibility index (Phi) is 5.77. The number of nitrogens with zero attached hydrogens (tertiary/aromatic N) is 2. The van der Waals surface area contributed by atoms with Gasteiger partial charge in [-0.1, -0.05) is 6.07 Å². The number of aromatic nitrogens is 1. The number of amides is 1. The van der Waals surface area contributed by atoms with E-state index in [-0.39, 0.29) is 17.8 Å². The molecule has 7 nitrogen and oxygen atoms in total. The second-order valence-corrected chi connectivity index (χ2v) is 6.72. The standard InChI is InChI=1S/C17H25N3O4/c1-17(2,3)24-16(22)20-10-6-9-18-13(11-20)12-7-5-8-19-14(12)15(21)23-4/h5,7-8,13,18H,6,9-11H2,1-4H3. The summed E-state index contributed by atoms with van der Waals surface area (Å²) in [6.45, 7) is 7.27. The highest BCUT2D eigenvalue weighted by Crippen LogP contribution is 2.22. The van der Waals surface area contributed by atoms with Crippen LogP contribution in [-0.4, -0.2) is 54.3 Å². The van der Waals surface area contributed by atoms with Crippen molar-refractivity contribution in [2.75, 3.05) is 26.7 Å². The zero-order valence-corrected chi connectivity index (χ0v) is 14.7. The largest absolute Gasteiger partial charge is 0.464 e. The first kappa shape index (κ1) is 18.2. The number of methoxy groups -OCH3 is 1. The Morgan fingerprint density at radius 2 is 2.12 bits per heavy atom. The van der Waals surface area contributed by atoms with E-state index in [4.69, 9.17) is 9.47 Å². The zero-order valence-electron chi connectivity index (χ0n) is 14.7. The maximum atomic E-state index is 12.4. The maximum Gasteiger partial charge on any atom is 0.410 e. The topological polar surface area (TPSA) is 80.8 Å². The number of rotatable bonds is 2. The summed E-state index contributed by atoms with van der Waals surface area (Å²) in [6.07, 6.45) is 2.02. The van der Waals surface area contributed by atoms with Crippen molar-refractivity contribution in [1.82, 2.24) is 15.2 Å². The highest BCUT2D eigenvalue weighted by molar-refractivity contribution is 5.89. The number of nitrogens with one attached hydrogen (secondary N) is 1. The number of hydrogen-bond acceptors (Lipinski definition) is 6. The molecule has 1 aromatic heterocycles. The zero-order chi connectivity index (χ0) is 17.7. The van der Waals surface area contributed by atoms with E-state index in [2.05, 4.69) is 10.3 Å². The Bertz CT molecular complexity index is 598. The molecule has 1 atom stereocenters. The minimum Gasteiger partial charge on any atom is -0.464 e. The van der Waals surface area contributed by atoms with Gasteiger partial charge in [0.15, 0.2) is 5.69 Å². The summed E-state index contributed by atoms with van der Waals surface area (Å²) in [5.41, 5.74) is 0.445. The van der Waals surface area contributed by atoms with E-state index in [1.807, 2.05) is 26.8 Å². The summed E-state index contributed by atoms with van der Waals surface area (Å²) in [5, 5.41) is 3.37. The molecule has 1 saturated heterocycles. The number of hydrogen-bond donors (Lipinski definition) is 1. The van der Waals surface area contributed by atoms with Crippen molar-refractivity contribution in [3.8, 4) is 0 Å². The molecule has 2 heterocycles. The molecule has 0 spiro atoms. The fourth-order valence-electron chi connectivity index (χ4n) is 2.59. The van der Waals surface area contributed by atoms with E-state index in [1.54, 1.807) is 17.2 Å². The number of ether oxygens (including phenoxy) is 2. The number of esters is 1. The smallest absolute Gasteiger partial charge is 0.410 e. The summed E-state index contributed by atoms with van der Waals surface area (Å²) < 4.78 is 10.3. The van der Waals surface area contributed by atoms with Crippen molar-refractivity contribution in [2.24, 2.45) is 0 Å². The predicted molar refractivity (Wildman–Crippen MR) is 88.7 cm³/mol. The molecule has 1 aliphatic heterocycles. The first-order chi connectivity index (χ1) is 11.3. The van der Waals surface area contributed by atoms with Crippen molar-refractivity contribution in [3.05, 3.63) is 29.6 Å². The Labute approximate surface area is 142 Å². The first-order valence-corrected chi connectivity index (χ1v) is 8.06. The quantitative estimate of drug-likeness (QED) is 0.834. The molecular formula is C17H25N3O4. The third kappa shape index (κ3) is 4.67. The van der Waals surface area contributed by atoms with E-state index in [9.17, 15) is 9.59 Å². The molecule has 7 heteroatoms. The van der Waals surface area contributed by atoms with Gasteiger partial charge in [0.2, 0.25) is 0 Å². The Morgan fingerprint density at radius 1 is 1.38 bits per heavy atom. The Morgan fingerprint density at radius 3 is 2.79 bits per heavy atom. The minimum atomic E-state index is -0.544. The van der Waals surface area contributed by atoms with Crippen molar-refractivity contribution in [1.29, 1.82) is 0 Å². The van der Waals surface area contributed by atoms with Crippen molar-refractivity contribution in [3.63, 3.8) is 0 Å². The summed E-state index contributed by atoms with van der Waals surface area (Å²) in [5.74, 6) is -0.486. The fourth-order valence-corrected chi connectivity index (χ4v) is 2.59. The van der Waals surface area contributed by atoms with Crippen LogP contribution >= 0.6 is 0 Å². The van der Waals surface area contributed by atoms with Crippen molar-refractivity contribution >= 4 is 12.1 Å². The Balaban J connectivity index is 2.22. The van der Waals surface area contributed by atoms with Crippen LogP contribution in [-0.2, 0) is 9.47 Å². The van der Waals surface area contributed by atoms with Crippen LogP contribution in [0.5, 0.6) is 0 Å². The van der Waals surface area contributed by atoms with Crippen molar-refractivity contribution < 1.29 is 19.1 Å². The average Bonchev–Trinajstić information content (AvgIpc) is 2.78. The summed E-state index contributed by atoms with van der Waals surface area (Å²) >= 11 is 0. The van der Waals surface area contributed by atoms with E-state index >= 15 is 0 Å². The van der Waals surface area contributed by atoms with Crippen LogP contribution in [0, 0.1) is 0 Å². The van der Waals surface area contributed by atoms with Gasteiger partial charge in [0.05, 0.1) is 13.2 Å². The van der Waals surface area contributed by atoms with E-state index in [0.717, 1.165) is 18.5 Å². The van der Waals surface area contributed by atoms with Gasteiger partial charge in [-0.3, -0.25) is 0 Å². The molecule has 1 unspecified atom stereocenters. The van der Waals surface area contributed by atoms with Crippen LogP contribution < -0.4 is 5.32 Å². The second-order valence-electron chi connectivity index (χ2n) is 6.72. The average molecular weight is 335 g/mol. The molecule has 2 rings (SSSR count). The van der Waals surface area contributed by atoms with E-state index in [1.165, 1.54) is 7.11 Å². The van der Waals surface area contributed by atoms with Crippen LogP contribution in [0.2, 0.25) is 0 Å². The molecule has 1 amide bonds. The van der Waals surface area contributed by atoms with Gasteiger partial charge < -0.3 is 19.7 Å². The Hall–Kier alpha value is -2.15. The molecule has 0 saturated carbocycles. The fraction of sp³-hybridized carbons (Fsp3) is 0.588. The van der Waals surface area contributed by atoms with Crippen LogP contribution in [0.1, 0.15) is 49.3 Å². The molecular weight excluding hydrogens is 310 g/mol. The lowest BCUT2D eigenvalue weighted by atomic mass is 10.0. The van der Waals surface area contributed by atoms with Gasteiger partial charge in [-0.05, 0) is 39.8 Å². The molecule has 0 bridgehead atoms. The monoisotopic (exact) mass is 335 g/mol. The van der Waals surface area contributed by atoms with Crippen LogP contribution in [0.25, 0.3) is 0 Å². The molecule has 1 fully saturated rings. The van der Waals surface area contributed by atoms with Gasteiger partial charge in [-0.15, -0.1) is 0 Å². The number of carbonyl (C=O) groups excluding carboxylic acids is 2. The van der Waals surface area contributed by atoms with E-state index < -0.39 is 11.6 Å². The predicted octanol–water partition coefficient (Wildman–Crippen LogP) is 2.14.